The predicted octanol–water partition coefficient (Wildman–Crippen LogP) is 4.35. The van der Waals surface area contributed by atoms with Crippen LogP contribution in [0.15, 0.2) is 79.1 Å². The Morgan fingerprint density at radius 3 is 2.58 bits per heavy atom. The molecule has 0 bridgehead atoms. The first-order valence-corrected chi connectivity index (χ1v) is 9.05. The average molecular weight is 419 g/mol. The number of carbonyl (C=O) groups excluding carboxylic acids is 1. The normalized spacial score (nSPS) is 11.9. The number of para-hydroxylation sites is 1. The van der Waals surface area contributed by atoms with Gasteiger partial charge in [0.15, 0.2) is 0 Å². The van der Waals surface area contributed by atoms with Gasteiger partial charge in [-0.2, -0.15) is 5.26 Å². The fourth-order valence-electron chi connectivity index (χ4n) is 2.44. The topological polar surface area (TPSA) is 104 Å². The first-order valence-electron chi connectivity index (χ1n) is 9.05. The third-order valence-electron chi connectivity index (χ3n) is 3.77. The monoisotopic (exact) mass is 419 g/mol. The number of benzene rings is 1. The van der Waals surface area contributed by atoms with Crippen molar-refractivity contribution in [3.63, 3.8) is 0 Å². The largest absolute Gasteiger partial charge is 0.503 e. The Kier molecular flexibility index (Phi) is 8.56. The van der Waals surface area contributed by atoms with Gasteiger partial charge in [-0.15, -0.1) is 0 Å². The third-order valence-corrected chi connectivity index (χ3v) is 3.77. The Labute approximate surface area is 180 Å². The van der Waals surface area contributed by atoms with Gasteiger partial charge in [0.1, 0.15) is 29.5 Å². The van der Waals surface area contributed by atoms with E-state index in [0.717, 1.165) is 0 Å². The van der Waals surface area contributed by atoms with E-state index in [1.807, 2.05) is 6.07 Å². The number of esters is 1. The summed E-state index contributed by atoms with van der Waals surface area (Å²) in [7, 11) is 2.70. The van der Waals surface area contributed by atoms with Crippen LogP contribution in [0.4, 0.5) is 0 Å². The second-order valence-corrected chi connectivity index (χ2v) is 5.75. The molecule has 0 aliphatic heterocycles. The Morgan fingerprint density at radius 2 is 1.94 bits per heavy atom. The molecule has 0 spiro atoms. The zero-order valence-corrected chi connectivity index (χ0v) is 17.4. The van der Waals surface area contributed by atoms with Crippen LogP contribution in [-0.4, -0.2) is 30.2 Å². The predicted molar refractivity (Wildman–Crippen MR) is 114 cm³/mol. The number of ether oxygens (including phenoxy) is 4. The summed E-state index contributed by atoms with van der Waals surface area (Å²) in [4.78, 5) is 20.3. The second-order valence-electron chi connectivity index (χ2n) is 5.75. The molecule has 0 saturated carbocycles. The van der Waals surface area contributed by atoms with E-state index in [2.05, 4.69) is 16.5 Å². The molecule has 0 unspecified atom stereocenters. The van der Waals surface area contributed by atoms with Gasteiger partial charge in [0.2, 0.25) is 11.8 Å². The summed E-state index contributed by atoms with van der Waals surface area (Å²) in [6.07, 6.45) is 7.25. The lowest BCUT2D eigenvalue weighted by Gasteiger charge is -2.12. The summed E-state index contributed by atoms with van der Waals surface area (Å²) in [6, 6.07) is 10.3. The van der Waals surface area contributed by atoms with E-state index >= 15 is 0 Å². The van der Waals surface area contributed by atoms with E-state index in [1.165, 1.54) is 39.0 Å². The first-order chi connectivity index (χ1) is 15.1. The average Bonchev–Trinajstić information content (AvgIpc) is 2.80. The molecule has 2 aromatic rings. The van der Waals surface area contributed by atoms with Crippen molar-refractivity contribution < 1.29 is 23.7 Å². The smallest absolute Gasteiger partial charge is 0.341 e. The van der Waals surface area contributed by atoms with E-state index in [-0.39, 0.29) is 28.7 Å². The van der Waals surface area contributed by atoms with Crippen LogP contribution < -0.4 is 9.47 Å². The Bertz CT molecular complexity index is 1080. The molecule has 8 heteroatoms. The number of aromatic nitrogens is 2. The maximum Gasteiger partial charge on any atom is 0.341 e. The molecule has 31 heavy (non-hydrogen) atoms. The highest BCUT2D eigenvalue weighted by molar-refractivity contribution is 6.17. The number of nitriles is 1. The van der Waals surface area contributed by atoms with Crippen LogP contribution in [0, 0.1) is 11.3 Å². The van der Waals surface area contributed by atoms with Crippen LogP contribution in [0.2, 0.25) is 0 Å². The molecule has 0 fully saturated rings. The SMILES string of the molecule is C=CC(Oc1cc(Oc2ccccc2C(=COC)C(=O)OC)ncn1)=C(C#N)C=CC. The van der Waals surface area contributed by atoms with Crippen molar-refractivity contribution in [1.82, 2.24) is 9.97 Å². The van der Waals surface area contributed by atoms with Crippen LogP contribution in [0.5, 0.6) is 17.5 Å². The molecule has 2 rings (SSSR count). The Morgan fingerprint density at radius 1 is 1.19 bits per heavy atom. The second kappa shape index (κ2) is 11.6. The van der Waals surface area contributed by atoms with Gasteiger partial charge in [-0.25, -0.2) is 14.8 Å². The Hall–Kier alpha value is -4.38. The van der Waals surface area contributed by atoms with Crippen LogP contribution >= 0.6 is 0 Å². The van der Waals surface area contributed by atoms with E-state index in [4.69, 9.17) is 18.9 Å². The molecule has 0 aliphatic carbocycles. The lowest BCUT2D eigenvalue weighted by atomic mass is 10.1. The summed E-state index contributed by atoms with van der Waals surface area (Å²) in [5.41, 5.74) is 0.910. The molecule has 0 saturated heterocycles. The van der Waals surface area contributed by atoms with E-state index in [9.17, 15) is 10.1 Å². The van der Waals surface area contributed by atoms with Crippen LogP contribution in [-0.2, 0) is 14.3 Å². The summed E-state index contributed by atoms with van der Waals surface area (Å²) in [5, 5.41) is 9.28. The van der Waals surface area contributed by atoms with Gasteiger partial charge in [0, 0.05) is 5.56 Å². The quantitative estimate of drug-likeness (QED) is 0.194. The van der Waals surface area contributed by atoms with Gasteiger partial charge >= 0.3 is 5.97 Å². The van der Waals surface area contributed by atoms with Crippen molar-refractivity contribution in [2.45, 2.75) is 6.92 Å². The maximum absolute atomic E-state index is 12.1. The highest BCUT2D eigenvalue weighted by atomic mass is 16.5. The van der Waals surface area contributed by atoms with Crippen LogP contribution in [0.25, 0.3) is 5.57 Å². The number of allylic oxidation sites excluding steroid dienone is 4. The molecule has 0 aliphatic rings. The lowest BCUT2D eigenvalue weighted by Crippen LogP contribution is -2.06. The van der Waals surface area contributed by atoms with Crippen LogP contribution in [0.3, 0.4) is 0 Å². The van der Waals surface area contributed by atoms with Gasteiger partial charge in [-0.1, -0.05) is 30.9 Å². The number of methoxy groups -OCH3 is 2. The van der Waals surface area contributed by atoms with Gasteiger partial charge < -0.3 is 18.9 Å². The zero-order valence-electron chi connectivity index (χ0n) is 17.4. The molecule has 1 aromatic carbocycles. The number of hydrogen-bond donors (Lipinski definition) is 0. The molecule has 0 atom stereocenters. The first kappa shape index (κ1) is 22.9. The lowest BCUT2D eigenvalue weighted by molar-refractivity contribution is -0.133. The maximum atomic E-state index is 12.1. The van der Waals surface area contributed by atoms with Crippen molar-refractivity contribution >= 4 is 11.5 Å². The fourth-order valence-corrected chi connectivity index (χ4v) is 2.44. The van der Waals surface area contributed by atoms with Crippen molar-refractivity contribution in [1.29, 1.82) is 5.26 Å². The minimum atomic E-state index is -0.585. The van der Waals surface area contributed by atoms with Gasteiger partial charge in [-0.3, -0.25) is 0 Å². The minimum Gasteiger partial charge on any atom is -0.503 e. The molecular formula is C23H21N3O5. The van der Waals surface area contributed by atoms with Crippen molar-refractivity contribution in [3.8, 4) is 23.6 Å². The highest BCUT2D eigenvalue weighted by Crippen LogP contribution is 2.31. The number of rotatable bonds is 9. The molecule has 1 aromatic heterocycles. The van der Waals surface area contributed by atoms with Gasteiger partial charge in [0.25, 0.3) is 0 Å². The summed E-state index contributed by atoms with van der Waals surface area (Å²) in [6.45, 7) is 5.45. The Balaban J connectivity index is 2.39. The van der Waals surface area contributed by atoms with Gasteiger partial charge in [-0.05, 0) is 25.1 Å². The summed E-state index contributed by atoms with van der Waals surface area (Å²) < 4.78 is 21.4. The molecule has 1 heterocycles. The molecule has 0 amide bonds. The minimum absolute atomic E-state index is 0.148. The third kappa shape index (κ3) is 6.05. The number of carbonyl (C=O) groups is 1. The molecule has 0 N–H and O–H groups in total. The number of nitrogens with zero attached hydrogens (tertiary/aromatic N) is 3. The van der Waals surface area contributed by atoms with Crippen molar-refractivity contribution in [2.75, 3.05) is 14.2 Å². The highest BCUT2D eigenvalue weighted by Gasteiger charge is 2.18. The zero-order chi connectivity index (χ0) is 22.6. The molecule has 8 nitrogen and oxygen atoms in total. The van der Waals surface area contributed by atoms with E-state index in [1.54, 1.807) is 43.3 Å². The van der Waals surface area contributed by atoms with Crippen molar-refractivity contribution in [3.05, 3.63) is 84.6 Å². The van der Waals surface area contributed by atoms with E-state index < -0.39 is 5.97 Å². The van der Waals surface area contributed by atoms with E-state index in [0.29, 0.717) is 11.3 Å². The summed E-state index contributed by atoms with van der Waals surface area (Å²) in [5.74, 6) is 0.300. The van der Waals surface area contributed by atoms with Gasteiger partial charge in [0.05, 0.1) is 32.1 Å². The molecule has 0 radical (unpaired) electrons. The van der Waals surface area contributed by atoms with Crippen molar-refractivity contribution in [2.24, 2.45) is 0 Å². The van der Waals surface area contributed by atoms with Crippen LogP contribution in [0.1, 0.15) is 12.5 Å². The number of hydrogen-bond acceptors (Lipinski definition) is 8. The fraction of sp³-hybridized carbons (Fsp3) is 0.130. The summed E-state index contributed by atoms with van der Waals surface area (Å²) >= 11 is 0. The molecular weight excluding hydrogens is 398 g/mol. The molecule has 158 valence electrons. The standard InChI is InChI=1S/C23H21N3O5/c1-5-9-16(13-24)19(6-2)30-21-12-22(26-15-25-21)31-20-11-8-7-10-17(20)18(14-28-3)23(27)29-4/h5-12,14-15H,2H2,1,3-4H3.